The van der Waals surface area contributed by atoms with E-state index < -0.39 is 29.9 Å². The van der Waals surface area contributed by atoms with E-state index >= 15 is 0 Å². The molecule has 2 aromatic heterocycles. The van der Waals surface area contributed by atoms with Gasteiger partial charge in [-0.15, -0.1) is 0 Å². The summed E-state index contributed by atoms with van der Waals surface area (Å²) >= 11 is -0.945. The average molecular weight is 502 g/mol. The molecule has 6 nitrogen and oxygen atoms in total. The monoisotopic (exact) mass is 504 g/mol. The maximum absolute atomic E-state index is 7.61. The SMILES string of the molecule is N=C(N)c1ccnc(C2=CC=C(C3=CC=C(c4cc(C(=N)N)ccn4)[SeH2]3)[SeH2]2)c1. The van der Waals surface area contributed by atoms with Gasteiger partial charge in [0.15, 0.2) is 0 Å². The average Bonchev–Trinajstić information content (AvgIpc) is 3.38. The third kappa shape index (κ3) is 3.77. The number of nitrogens with two attached hydrogens (primary N) is 2. The number of aromatic nitrogens is 2. The molecule has 4 rings (SSSR count). The molecule has 0 saturated carbocycles. The zero-order chi connectivity index (χ0) is 19.7. The maximum atomic E-state index is 7.61. The molecular weight excluding hydrogens is 482 g/mol. The molecule has 4 heterocycles. The fraction of sp³-hybridized carbons (Fsp3) is 0. The quantitative estimate of drug-likeness (QED) is 0.271. The van der Waals surface area contributed by atoms with Crippen LogP contribution in [0.4, 0.5) is 0 Å². The molecule has 0 fully saturated rings. The number of rotatable bonds is 5. The van der Waals surface area contributed by atoms with Gasteiger partial charge in [0.2, 0.25) is 0 Å². The van der Waals surface area contributed by atoms with Crippen molar-refractivity contribution >= 4 is 50.5 Å². The summed E-state index contributed by atoms with van der Waals surface area (Å²) in [6.45, 7) is 0. The number of allylic oxidation sites excluding steroid dienone is 6. The van der Waals surface area contributed by atoms with Gasteiger partial charge in [0.25, 0.3) is 0 Å². The van der Waals surface area contributed by atoms with Crippen molar-refractivity contribution in [2.45, 2.75) is 0 Å². The second kappa shape index (κ2) is 7.70. The molecule has 0 unspecified atom stereocenters. The van der Waals surface area contributed by atoms with Crippen molar-refractivity contribution in [1.29, 1.82) is 10.8 Å². The molecule has 142 valence electrons. The molecule has 28 heavy (non-hydrogen) atoms. The fourth-order valence-electron chi connectivity index (χ4n) is 2.89. The predicted octanol–water partition coefficient (Wildman–Crippen LogP) is 0.559. The zero-order valence-corrected chi connectivity index (χ0v) is 19.0. The first-order valence-electron chi connectivity index (χ1n) is 8.51. The molecule has 0 bridgehead atoms. The summed E-state index contributed by atoms with van der Waals surface area (Å²) in [4.78, 5) is 8.93. The molecular formula is C20H20N6Se2. The molecule has 6 N–H and O–H groups in total. The number of pyridine rings is 2. The van der Waals surface area contributed by atoms with Crippen molar-refractivity contribution in [2.24, 2.45) is 11.5 Å². The molecule has 0 amide bonds. The van der Waals surface area contributed by atoms with Crippen LogP contribution in [0.3, 0.4) is 0 Å². The number of nitrogens with one attached hydrogen (secondary N) is 2. The Bertz CT molecular complexity index is 1040. The zero-order valence-electron chi connectivity index (χ0n) is 14.8. The van der Waals surface area contributed by atoms with E-state index in [1.165, 1.54) is 17.9 Å². The van der Waals surface area contributed by atoms with Crippen molar-refractivity contribution in [3.63, 3.8) is 0 Å². The van der Waals surface area contributed by atoms with Gasteiger partial charge in [-0.25, -0.2) is 0 Å². The minimum absolute atomic E-state index is 0.0646. The summed E-state index contributed by atoms with van der Waals surface area (Å²) in [5.74, 6) is 0.129. The predicted molar refractivity (Wildman–Crippen MR) is 120 cm³/mol. The molecule has 8 heteroatoms. The Morgan fingerprint density at radius 2 is 1.07 bits per heavy atom. The minimum atomic E-state index is -0.473. The van der Waals surface area contributed by atoms with E-state index in [2.05, 4.69) is 34.3 Å². The molecule has 0 aliphatic carbocycles. The normalized spacial score (nSPS) is 18.4. The van der Waals surface area contributed by atoms with Gasteiger partial charge in [0, 0.05) is 0 Å². The molecule has 2 aliphatic heterocycles. The Balaban J connectivity index is 1.45. The Labute approximate surface area is 174 Å². The van der Waals surface area contributed by atoms with Gasteiger partial charge in [0.1, 0.15) is 0 Å². The van der Waals surface area contributed by atoms with Gasteiger partial charge < -0.3 is 0 Å². The van der Waals surface area contributed by atoms with E-state index in [-0.39, 0.29) is 11.7 Å². The molecule has 0 atom stereocenters. The summed E-state index contributed by atoms with van der Waals surface area (Å²) in [5.41, 5.74) is 14.5. The van der Waals surface area contributed by atoms with Gasteiger partial charge in [-0.3, -0.25) is 0 Å². The molecule has 2 aromatic rings. The van der Waals surface area contributed by atoms with Crippen molar-refractivity contribution in [2.75, 3.05) is 0 Å². The molecule has 0 radical (unpaired) electrons. The number of hydrogen-bond acceptors (Lipinski definition) is 4. The third-order valence-corrected chi connectivity index (χ3v) is 11.3. The van der Waals surface area contributed by atoms with Crippen LogP contribution in [-0.2, 0) is 0 Å². The van der Waals surface area contributed by atoms with Gasteiger partial charge in [-0.1, -0.05) is 0 Å². The number of nitrogens with zero attached hydrogens (tertiary/aromatic N) is 2. The van der Waals surface area contributed by atoms with Crippen LogP contribution in [0.15, 0.2) is 69.9 Å². The van der Waals surface area contributed by atoms with Crippen LogP contribution >= 0.6 is 0 Å². The Morgan fingerprint density at radius 1 is 0.679 bits per heavy atom. The van der Waals surface area contributed by atoms with Crippen LogP contribution in [0.1, 0.15) is 22.5 Å². The van der Waals surface area contributed by atoms with E-state index in [0.717, 1.165) is 11.4 Å². The first-order chi connectivity index (χ1) is 13.5. The van der Waals surface area contributed by atoms with Crippen molar-refractivity contribution in [3.05, 3.63) is 92.4 Å². The van der Waals surface area contributed by atoms with Crippen LogP contribution in [0.2, 0.25) is 0 Å². The number of hydrogen-bond donors (Lipinski definition) is 4. The van der Waals surface area contributed by atoms with Crippen molar-refractivity contribution in [1.82, 2.24) is 9.97 Å². The topological polar surface area (TPSA) is 126 Å². The van der Waals surface area contributed by atoms with Crippen molar-refractivity contribution < 1.29 is 0 Å². The first-order valence-corrected chi connectivity index (χ1v) is 12.7. The number of nitrogen functional groups attached to an aromatic ring is 2. The van der Waals surface area contributed by atoms with Gasteiger partial charge >= 0.3 is 175 Å². The molecule has 0 saturated heterocycles. The number of amidine groups is 2. The molecule has 0 aromatic carbocycles. The Hall–Kier alpha value is -2.76. The fourth-order valence-corrected chi connectivity index (χ4v) is 8.90. The standard InChI is InChI=1S/C20H20N6Se2/c21-19(22)11-5-7-25-13(9-11)15-1-3-17(27-15)18-4-2-16(28-18)14-10-12(20(23)24)6-8-26-14/h1-10H,27-28H2,(H3,21,22)(H3,23,24). The second-order valence-electron chi connectivity index (χ2n) is 6.26. The van der Waals surface area contributed by atoms with Crippen LogP contribution in [0, 0.1) is 10.8 Å². The van der Waals surface area contributed by atoms with Crippen molar-refractivity contribution in [3.8, 4) is 0 Å². The van der Waals surface area contributed by atoms with Gasteiger partial charge in [0.05, 0.1) is 0 Å². The van der Waals surface area contributed by atoms with E-state index in [9.17, 15) is 0 Å². The summed E-state index contributed by atoms with van der Waals surface area (Å²) in [7, 11) is 0. The summed E-state index contributed by atoms with van der Waals surface area (Å²) in [6, 6.07) is 7.32. The van der Waals surface area contributed by atoms with Gasteiger partial charge in [-0.2, -0.15) is 0 Å². The summed E-state index contributed by atoms with van der Waals surface area (Å²) in [5, 5.41) is 15.2. The summed E-state index contributed by atoms with van der Waals surface area (Å²) in [6.07, 6.45) is 12.2. The van der Waals surface area contributed by atoms with E-state index in [1.807, 2.05) is 12.1 Å². The Kier molecular flexibility index (Phi) is 5.11. The van der Waals surface area contributed by atoms with E-state index in [0.29, 0.717) is 11.1 Å². The second-order valence-corrected chi connectivity index (χ2v) is 11.8. The Morgan fingerprint density at radius 3 is 1.46 bits per heavy atom. The third-order valence-electron chi connectivity index (χ3n) is 4.36. The molecule has 2 aliphatic rings. The van der Waals surface area contributed by atoms with Crippen LogP contribution < -0.4 is 11.5 Å². The summed E-state index contributed by atoms with van der Waals surface area (Å²) < 4.78 is 5.38. The van der Waals surface area contributed by atoms with E-state index in [1.54, 1.807) is 24.5 Å². The van der Waals surface area contributed by atoms with Crippen LogP contribution in [0.5, 0.6) is 0 Å². The molecule has 0 spiro atoms. The van der Waals surface area contributed by atoms with Crippen LogP contribution in [-0.4, -0.2) is 51.6 Å². The first kappa shape index (κ1) is 18.6. The van der Waals surface area contributed by atoms with E-state index in [4.69, 9.17) is 22.3 Å². The van der Waals surface area contributed by atoms with Gasteiger partial charge in [-0.05, 0) is 0 Å². The van der Waals surface area contributed by atoms with Crippen LogP contribution in [0.25, 0.3) is 8.94 Å².